The molecule has 0 unspecified atom stereocenters. The summed E-state index contributed by atoms with van der Waals surface area (Å²) in [6, 6.07) is 9.16. The first kappa shape index (κ1) is 19.7. The molecule has 0 aromatic heterocycles. The monoisotopic (exact) mass is 378 g/mol. The lowest BCUT2D eigenvalue weighted by molar-refractivity contribution is -0.118. The Balaban J connectivity index is 2.16. The zero-order valence-corrected chi connectivity index (χ0v) is 15.4. The molecule has 2 N–H and O–H groups in total. The molecule has 0 aliphatic rings. The molecule has 138 valence electrons. The van der Waals surface area contributed by atoms with Crippen molar-refractivity contribution >= 4 is 29.1 Å². The smallest absolute Gasteiger partial charge is 0.251 e. The van der Waals surface area contributed by atoms with Crippen LogP contribution >= 0.6 is 11.6 Å². The highest BCUT2D eigenvalue weighted by atomic mass is 35.5. The highest BCUT2D eigenvalue weighted by molar-refractivity contribution is 6.31. The molecule has 26 heavy (non-hydrogen) atoms. The van der Waals surface area contributed by atoms with Crippen molar-refractivity contribution in [1.29, 1.82) is 0 Å². The SMILES string of the molecule is COc1ccc(Cl)cc1NC(=O)[C@H](NC(=O)c1ccc(F)cc1)C(C)C. The number of carbonyl (C=O) groups excluding carboxylic acids is 2. The molecular weight excluding hydrogens is 359 g/mol. The highest BCUT2D eigenvalue weighted by Gasteiger charge is 2.25. The third-order valence-corrected chi connectivity index (χ3v) is 4.00. The average molecular weight is 379 g/mol. The van der Waals surface area contributed by atoms with Gasteiger partial charge < -0.3 is 15.4 Å². The standard InChI is InChI=1S/C19H20ClFN2O3/c1-11(2)17(23-18(24)12-4-7-14(21)8-5-12)19(25)22-15-10-13(20)6-9-16(15)26-3/h4-11,17H,1-3H3,(H,22,25)(H,23,24)/t17-/m1/s1. The molecule has 2 aromatic rings. The van der Waals surface area contributed by atoms with Crippen LogP contribution in [0.25, 0.3) is 0 Å². The van der Waals surface area contributed by atoms with Gasteiger partial charge in [-0.3, -0.25) is 9.59 Å². The van der Waals surface area contributed by atoms with Gasteiger partial charge in [-0.25, -0.2) is 4.39 Å². The molecule has 0 aliphatic carbocycles. The Morgan fingerprint density at radius 1 is 1.12 bits per heavy atom. The lowest BCUT2D eigenvalue weighted by Crippen LogP contribution is -2.47. The summed E-state index contributed by atoms with van der Waals surface area (Å²) >= 11 is 5.97. The van der Waals surface area contributed by atoms with Crippen molar-refractivity contribution in [2.75, 3.05) is 12.4 Å². The summed E-state index contributed by atoms with van der Waals surface area (Å²) in [5.41, 5.74) is 0.678. The van der Waals surface area contributed by atoms with E-state index in [1.165, 1.54) is 31.4 Å². The third-order valence-electron chi connectivity index (χ3n) is 3.76. The molecule has 7 heteroatoms. The van der Waals surface area contributed by atoms with Crippen molar-refractivity contribution in [3.05, 3.63) is 58.9 Å². The maximum absolute atomic E-state index is 13.0. The van der Waals surface area contributed by atoms with Crippen LogP contribution in [0.5, 0.6) is 5.75 Å². The normalized spacial score (nSPS) is 11.8. The van der Waals surface area contributed by atoms with Gasteiger partial charge in [-0.05, 0) is 48.4 Å². The van der Waals surface area contributed by atoms with Gasteiger partial charge in [-0.1, -0.05) is 25.4 Å². The largest absolute Gasteiger partial charge is 0.495 e. The molecule has 2 amide bonds. The Kier molecular flexibility index (Phi) is 6.58. The second-order valence-electron chi connectivity index (χ2n) is 6.04. The maximum atomic E-state index is 13.0. The minimum Gasteiger partial charge on any atom is -0.495 e. The molecule has 0 heterocycles. The fourth-order valence-corrected chi connectivity index (χ4v) is 2.52. The molecule has 0 saturated heterocycles. The predicted molar refractivity (Wildman–Crippen MR) is 99.1 cm³/mol. The van der Waals surface area contributed by atoms with Gasteiger partial charge in [0.15, 0.2) is 0 Å². The Labute approximate surface area is 156 Å². The summed E-state index contributed by atoms with van der Waals surface area (Å²) in [4.78, 5) is 25.0. The molecule has 0 spiro atoms. The minimum absolute atomic E-state index is 0.176. The second-order valence-corrected chi connectivity index (χ2v) is 6.47. The van der Waals surface area contributed by atoms with Gasteiger partial charge in [0.25, 0.3) is 5.91 Å². The minimum atomic E-state index is -0.795. The van der Waals surface area contributed by atoms with E-state index < -0.39 is 23.7 Å². The van der Waals surface area contributed by atoms with E-state index in [0.717, 1.165) is 0 Å². The van der Waals surface area contributed by atoms with Crippen LogP contribution < -0.4 is 15.4 Å². The van der Waals surface area contributed by atoms with Gasteiger partial charge >= 0.3 is 0 Å². The number of benzene rings is 2. The van der Waals surface area contributed by atoms with Crippen molar-refractivity contribution < 1.29 is 18.7 Å². The molecule has 2 rings (SSSR count). The Bertz CT molecular complexity index is 794. The van der Waals surface area contributed by atoms with E-state index in [0.29, 0.717) is 16.5 Å². The van der Waals surface area contributed by atoms with Crippen molar-refractivity contribution in [3.63, 3.8) is 0 Å². The number of hydrogen-bond donors (Lipinski definition) is 2. The fraction of sp³-hybridized carbons (Fsp3) is 0.263. The third kappa shape index (κ3) is 4.95. The van der Waals surface area contributed by atoms with Crippen molar-refractivity contribution in [2.24, 2.45) is 5.92 Å². The summed E-state index contributed by atoms with van der Waals surface area (Å²) < 4.78 is 18.2. The summed E-state index contributed by atoms with van der Waals surface area (Å²) in [7, 11) is 1.48. The Hall–Kier alpha value is -2.60. The number of hydrogen-bond acceptors (Lipinski definition) is 3. The number of rotatable bonds is 6. The van der Waals surface area contributed by atoms with Gasteiger partial charge in [-0.15, -0.1) is 0 Å². The molecule has 1 atom stereocenters. The summed E-state index contributed by atoms with van der Waals surface area (Å²) in [5.74, 6) is -1.03. The van der Waals surface area contributed by atoms with Crippen molar-refractivity contribution in [2.45, 2.75) is 19.9 Å². The highest BCUT2D eigenvalue weighted by Crippen LogP contribution is 2.28. The van der Waals surface area contributed by atoms with Crippen LogP contribution in [-0.4, -0.2) is 25.0 Å². The van der Waals surface area contributed by atoms with E-state index in [4.69, 9.17) is 16.3 Å². The van der Waals surface area contributed by atoms with Crippen LogP contribution in [0, 0.1) is 11.7 Å². The number of methoxy groups -OCH3 is 1. The van der Waals surface area contributed by atoms with E-state index in [-0.39, 0.29) is 11.5 Å². The first-order valence-corrected chi connectivity index (χ1v) is 8.40. The molecule has 0 aliphatic heterocycles. The van der Waals surface area contributed by atoms with Gasteiger partial charge in [-0.2, -0.15) is 0 Å². The summed E-state index contributed by atoms with van der Waals surface area (Å²) in [5, 5.41) is 5.85. The van der Waals surface area contributed by atoms with Gasteiger partial charge in [0.1, 0.15) is 17.6 Å². The summed E-state index contributed by atoms with van der Waals surface area (Å²) in [6.07, 6.45) is 0. The Morgan fingerprint density at radius 3 is 2.35 bits per heavy atom. The topological polar surface area (TPSA) is 67.4 Å². The molecule has 0 bridgehead atoms. The van der Waals surface area contributed by atoms with E-state index in [9.17, 15) is 14.0 Å². The van der Waals surface area contributed by atoms with E-state index in [1.54, 1.807) is 18.2 Å². The van der Waals surface area contributed by atoms with Gasteiger partial charge in [0.2, 0.25) is 5.91 Å². The van der Waals surface area contributed by atoms with Crippen LogP contribution in [0.4, 0.5) is 10.1 Å². The van der Waals surface area contributed by atoms with Crippen LogP contribution in [0.3, 0.4) is 0 Å². The number of halogens is 2. The van der Waals surface area contributed by atoms with E-state index in [2.05, 4.69) is 10.6 Å². The lowest BCUT2D eigenvalue weighted by atomic mass is 10.0. The molecule has 2 aromatic carbocycles. The second kappa shape index (κ2) is 8.67. The van der Waals surface area contributed by atoms with Crippen LogP contribution in [-0.2, 0) is 4.79 Å². The number of amides is 2. The van der Waals surface area contributed by atoms with Crippen LogP contribution in [0.15, 0.2) is 42.5 Å². The molecular formula is C19H20ClFN2O3. The number of ether oxygens (including phenoxy) is 1. The van der Waals surface area contributed by atoms with Gasteiger partial charge in [0, 0.05) is 10.6 Å². The number of anilines is 1. The predicted octanol–water partition coefficient (Wildman–Crippen LogP) is 3.88. The molecule has 0 radical (unpaired) electrons. The maximum Gasteiger partial charge on any atom is 0.251 e. The van der Waals surface area contributed by atoms with Crippen LogP contribution in [0.1, 0.15) is 24.2 Å². The van der Waals surface area contributed by atoms with Crippen molar-refractivity contribution in [3.8, 4) is 5.75 Å². The quantitative estimate of drug-likeness (QED) is 0.801. The average Bonchev–Trinajstić information content (AvgIpc) is 2.59. The lowest BCUT2D eigenvalue weighted by Gasteiger charge is -2.22. The summed E-state index contributed by atoms with van der Waals surface area (Å²) in [6.45, 7) is 3.62. The molecule has 5 nitrogen and oxygen atoms in total. The van der Waals surface area contributed by atoms with Crippen molar-refractivity contribution in [1.82, 2.24) is 5.32 Å². The van der Waals surface area contributed by atoms with E-state index in [1.807, 2.05) is 13.8 Å². The van der Waals surface area contributed by atoms with E-state index >= 15 is 0 Å². The first-order chi connectivity index (χ1) is 12.3. The molecule has 0 fully saturated rings. The zero-order chi connectivity index (χ0) is 19.3. The van der Waals surface area contributed by atoms with Crippen LogP contribution in [0.2, 0.25) is 5.02 Å². The van der Waals surface area contributed by atoms with Gasteiger partial charge in [0.05, 0.1) is 12.8 Å². The number of carbonyl (C=O) groups is 2. The zero-order valence-electron chi connectivity index (χ0n) is 14.7. The molecule has 0 saturated carbocycles. The Morgan fingerprint density at radius 2 is 1.77 bits per heavy atom. The first-order valence-electron chi connectivity index (χ1n) is 8.02. The number of nitrogens with one attached hydrogen (secondary N) is 2. The fourth-order valence-electron chi connectivity index (χ4n) is 2.35.